The molecule has 3 aromatic carbocycles. The summed E-state index contributed by atoms with van der Waals surface area (Å²) in [5.41, 5.74) is 2.36. The second-order valence-corrected chi connectivity index (χ2v) is 7.23. The van der Waals surface area contributed by atoms with Crippen LogP contribution in [0.1, 0.15) is 29.0 Å². The molecule has 0 radical (unpaired) electrons. The number of nitrogens with one attached hydrogen (secondary N) is 1. The molecule has 0 bridgehead atoms. The summed E-state index contributed by atoms with van der Waals surface area (Å²) in [4.78, 5) is 17.1. The van der Waals surface area contributed by atoms with Gasteiger partial charge in [-0.25, -0.2) is 9.37 Å². The van der Waals surface area contributed by atoms with Gasteiger partial charge >= 0.3 is 0 Å². The Morgan fingerprint density at radius 3 is 2.48 bits per heavy atom. The summed E-state index contributed by atoms with van der Waals surface area (Å²) in [5.74, 6) is 1.05. The van der Waals surface area contributed by atoms with Crippen molar-refractivity contribution >= 4 is 16.9 Å². The van der Waals surface area contributed by atoms with E-state index in [1.54, 1.807) is 0 Å². The van der Waals surface area contributed by atoms with Crippen LogP contribution in [0.5, 0.6) is 5.75 Å². The molecule has 0 unspecified atom stereocenters. The minimum Gasteiger partial charge on any atom is -0.494 e. The number of carbonyl (C=O) groups excluding carboxylic acids is 1. The zero-order chi connectivity index (χ0) is 21.5. The van der Waals surface area contributed by atoms with Crippen molar-refractivity contribution < 1.29 is 13.9 Å². The molecule has 0 fully saturated rings. The van der Waals surface area contributed by atoms with E-state index in [-0.39, 0.29) is 11.7 Å². The third kappa shape index (κ3) is 5.28. The van der Waals surface area contributed by atoms with Gasteiger partial charge in [-0.1, -0.05) is 30.3 Å². The van der Waals surface area contributed by atoms with Crippen LogP contribution in [0.4, 0.5) is 4.39 Å². The average molecular weight is 417 g/mol. The standard InChI is InChI=1S/C25H24FN3O2/c26-20-14-12-19(13-15-20)25(30)27-18-24-28-22-10-4-5-11-23(22)29(24)16-6-7-17-31-21-8-2-1-3-9-21/h1-5,8-15H,6-7,16-18H2,(H,27,30). The van der Waals surface area contributed by atoms with Crippen LogP contribution in [0.2, 0.25) is 0 Å². The van der Waals surface area contributed by atoms with Crippen molar-refractivity contribution in [2.75, 3.05) is 6.61 Å². The molecule has 0 aliphatic carbocycles. The number of rotatable bonds is 9. The predicted molar refractivity (Wildman–Crippen MR) is 118 cm³/mol. The summed E-state index contributed by atoms with van der Waals surface area (Å²) in [6.07, 6.45) is 1.83. The highest BCUT2D eigenvalue weighted by molar-refractivity contribution is 5.94. The molecule has 1 amide bonds. The van der Waals surface area contributed by atoms with Crippen LogP contribution < -0.4 is 10.1 Å². The number of amides is 1. The number of aromatic nitrogens is 2. The number of nitrogens with zero attached hydrogens (tertiary/aromatic N) is 2. The quantitative estimate of drug-likeness (QED) is 0.392. The molecule has 1 N–H and O–H groups in total. The van der Waals surface area contributed by atoms with Crippen LogP contribution in [0, 0.1) is 5.82 Å². The lowest BCUT2D eigenvalue weighted by Gasteiger charge is -2.11. The minimum absolute atomic E-state index is 0.255. The van der Waals surface area contributed by atoms with Crippen LogP contribution >= 0.6 is 0 Å². The molecule has 1 aromatic heterocycles. The van der Waals surface area contributed by atoms with Crippen LogP contribution in [0.3, 0.4) is 0 Å². The summed E-state index contributed by atoms with van der Waals surface area (Å²) >= 11 is 0. The van der Waals surface area contributed by atoms with Crippen LogP contribution in [-0.2, 0) is 13.1 Å². The normalized spacial score (nSPS) is 10.9. The number of halogens is 1. The van der Waals surface area contributed by atoms with E-state index >= 15 is 0 Å². The minimum atomic E-state index is -0.366. The van der Waals surface area contributed by atoms with E-state index in [0.29, 0.717) is 18.7 Å². The van der Waals surface area contributed by atoms with Crippen LogP contribution in [-0.4, -0.2) is 22.1 Å². The molecule has 0 saturated carbocycles. The second-order valence-electron chi connectivity index (χ2n) is 7.23. The van der Waals surface area contributed by atoms with Gasteiger partial charge in [0, 0.05) is 12.1 Å². The van der Waals surface area contributed by atoms with Crippen molar-refractivity contribution in [1.29, 1.82) is 0 Å². The zero-order valence-corrected chi connectivity index (χ0v) is 17.1. The van der Waals surface area contributed by atoms with Gasteiger partial charge in [-0.05, 0) is 61.4 Å². The van der Waals surface area contributed by atoms with E-state index < -0.39 is 0 Å². The van der Waals surface area contributed by atoms with Gasteiger partial charge in [-0.2, -0.15) is 0 Å². The smallest absolute Gasteiger partial charge is 0.251 e. The fourth-order valence-electron chi connectivity index (χ4n) is 3.45. The number of hydrogen-bond acceptors (Lipinski definition) is 3. The molecule has 0 saturated heterocycles. The molecule has 0 spiro atoms. The van der Waals surface area contributed by atoms with E-state index in [1.807, 2.05) is 54.6 Å². The predicted octanol–water partition coefficient (Wildman–Crippen LogP) is 4.96. The molecule has 6 heteroatoms. The molecule has 5 nitrogen and oxygen atoms in total. The van der Waals surface area contributed by atoms with E-state index in [4.69, 9.17) is 9.72 Å². The van der Waals surface area contributed by atoms with Gasteiger partial charge in [0.25, 0.3) is 5.91 Å². The number of aryl methyl sites for hydroxylation is 1. The summed E-state index contributed by atoms with van der Waals surface area (Å²) < 4.78 is 21.0. The Hall–Kier alpha value is -3.67. The molecule has 0 aliphatic rings. The molecule has 1 heterocycles. The van der Waals surface area contributed by atoms with E-state index in [2.05, 4.69) is 9.88 Å². The van der Waals surface area contributed by atoms with Gasteiger partial charge in [0.1, 0.15) is 17.4 Å². The highest BCUT2D eigenvalue weighted by atomic mass is 19.1. The van der Waals surface area contributed by atoms with Gasteiger partial charge < -0.3 is 14.6 Å². The molecule has 0 atom stereocenters. The Bertz CT molecular complexity index is 1140. The van der Waals surface area contributed by atoms with Gasteiger partial charge in [0.05, 0.1) is 24.2 Å². The molecule has 4 aromatic rings. The fraction of sp³-hybridized carbons (Fsp3) is 0.200. The summed E-state index contributed by atoms with van der Waals surface area (Å²) in [5, 5.41) is 2.89. The van der Waals surface area contributed by atoms with Crippen molar-refractivity contribution in [1.82, 2.24) is 14.9 Å². The lowest BCUT2D eigenvalue weighted by atomic mass is 10.2. The van der Waals surface area contributed by atoms with Crippen molar-refractivity contribution in [3.8, 4) is 5.75 Å². The third-order valence-electron chi connectivity index (χ3n) is 5.04. The van der Waals surface area contributed by atoms with E-state index in [9.17, 15) is 9.18 Å². The fourth-order valence-corrected chi connectivity index (χ4v) is 3.45. The number of ether oxygens (including phenoxy) is 1. The topological polar surface area (TPSA) is 56.2 Å². The molecule has 31 heavy (non-hydrogen) atoms. The van der Waals surface area contributed by atoms with Crippen molar-refractivity contribution in [2.24, 2.45) is 0 Å². The number of para-hydroxylation sites is 3. The highest BCUT2D eigenvalue weighted by Gasteiger charge is 2.12. The van der Waals surface area contributed by atoms with Gasteiger partial charge in [-0.15, -0.1) is 0 Å². The number of imidazole rings is 1. The molecular formula is C25H24FN3O2. The average Bonchev–Trinajstić information content (AvgIpc) is 3.16. The number of fused-ring (bicyclic) bond motifs is 1. The van der Waals surface area contributed by atoms with Crippen molar-refractivity contribution in [2.45, 2.75) is 25.9 Å². The molecule has 4 rings (SSSR count). The second kappa shape index (κ2) is 9.89. The SMILES string of the molecule is O=C(NCc1nc2ccccc2n1CCCCOc1ccccc1)c1ccc(F)cc1. The van der Waals surface area contributed by atoms with Crippen molar-refractivity contribution in [3.05, 3.63) is 96.1 Å². The first-order valence-electron chi connectivity index (χ1n) is 10.4. The molecule has 0 aliphatic heterocycles. The third-order valence-corrected chi connectivity index (χ3v) is 5.04. The maximum Gasteiger partial charge on any atom is 0.251 e. The Labute approximate surface area is 180 Å². The number of hydrogen-bond donors (Lipinski definition) is 1. The Balaban J connectivity index is 1.38. The first-order valence-corrected chi connectivity index (χ1v) is 10.4. The highest BCUT2D eigenvalue weighted by Crippen LogP contribution is 2.17. The van der Waals surface area contributed by atoms with Gasteiger partial charge in [0.15, 0.2) is 0 Å². The Kier molecular flexibility index (Phi) is 6.57. The summed E-state index contributed by atoms with van der Waals surface area (Å²) in [7, 11) is 0. The zero-order valence-electron chi connectivity index (χ0n) is 17.1. The maximum absolute atomic E-state index is 13.1. The van der Waals surface area contributed by atoms with Gasteiger partial charge in [0.2, 0.25) is 0 Å². The van der Waals surface area contributed by atoms with E-state index in [1.165, 1.54) is 24.3 Å². The van der Waals surface area contributed by atoms with Crippen molar-refractivity contribution in [3.63, 3.8) is 0 Å². The Morgan fingerprint density at radius 2 is 1.68 bits per heavy atom. The largest absolute Gasteiger partial charge is 0.494 e. The Morgan fingerprint density at radius 1 is 0.935 bits per heavy atom. The lowest BCUT2D eigenvalue weighted by molar-refractivity contribution is 0.0949. The monoisotopic (exact) mass is 417 g/mol. The molecular weight excluding hydrogens is 393 g/mol. The number of unbranched alkanes of at least 4 members (excludes halogenated alkanes) is 1. The van der Waals surface area contributed by atoms with E-state index in [0.717, 1.165) is 42.0 Å². The lowest BCUT2D eigenvalue weighted by Crippen LogP contribution is -2.24. The first kappa shape index (κ1) is 20.6. The number of benzene rings is 3. The molecule has 158 valence electrons. The summed E-state index contributed by atoms with van der Waals surface area (Å²) in [6.45, 7) is 1.72. The van der Waals surface area contributed by atoms with Crippen LogP contribution in [0.15, 0.2) is 78.9 Å². The van der Waals surface area contributed by atoms with Crippen LogP contribution in [0.25, 0.3) is 11.0 Å². The number of carbonyl (C=O) groups is 1. The van der Waals surface area contributed by atoms with Gasteiger partial charge in [-0.3, -0.25) is 4.79 Å². The maximum atomic E-state index is 13.1. The summed E-state index contributed by atoms with van der Waals surface area (Å²) in [6, 6.07) is 23.2. The first-order chi connectivity index (χ1) is 15.2.